The number of rotatable bonds is 6. The van der Waals surface area contributed by atoms with Gasteiger partial charge in [0.2, 0.25) is 0 Å². The molecule has 100 valence electrons. The molecule has 1 aromatic rings. The maximum absolute atomic E-state index is 5.89. The molecule has 1 nitrogen and oxygen atoms in total. The maximum atomic E-state index is 5.89. The van der Waals surface area contributed by atoms with Crippen LogP contribution in [0, 0.1) is 0 Å². The standard InChI is InChI=1S/C15H22ClNS/c1-2-9-17-14-7-8-15(10-14)18-11-12-3-5-13(16)6-4-12/h3-6,14-15,17H,2,7-11H2,1H3. The van der Waals surface area contributed by atoms with Crippen molar-refractivity contribution >= 4 is 23.4 Å². The highest BCUT2D eigenvalue weighted by Crippen LogP contribution is 2.32. The lowest BCUT2D eigenvalue weighted by Gasteiger charge is -2.12. The Hall–Kier alpha value is -0.180. The Balaban J connectivity index is 1.70. The maximum Gasteiger partial charge on any atom is 0.0406 e. The van der Waals surface area contributed by atoms with Gasteiger partial charge in [0.1, 0.15) is 0 Å². The largest absolute Gasteiger partial charge is 0.314 e. The molecular formula is C15H22ClNS. The van der Waals surface area contributed by atoms with E-state index in [1.54, 1.807) is 0 Å². The summed E-state index contributed by atoms with van der Waals surface area (Å²) in [5.41, 5.74) is 1.38. The molecule has 0 aromatic heterocycles. The van der Waals surface area contributed by atoms with E-state index < -0.39 is 0 Å². The van der Waals surface area contributed by atoms with Crippen molar-refractivity contribution in [1.29, 1.82) is 0 Å². The summed E-state index contributed by atoms with van der Waals surface area (Å²) in [4.78, 5) is 0. The third-order valence-corrected chi connectivity index (χ3v) is 5.12. The summed E-state index contributed by atoms with van der Waals surface area (Å²) in [6.45, 7) is 3.40. The summed E-state index contributed by atoms with van der Waals surface area (Å²) < 4.78 is 0. The number of benzene rings is 1. The van der Waals surface area contributed by atoms with Gasteiger partial charge in [0.25, 0.3) is 0 Å². The minimum Gasteiger partial charge on any atom is -0.314 e. The number of thioether (sulfide) groups is 1. The second kappa shape index (κ2) is 7.42. The van der Waals surface area contributed by atoms with Gasteiger partial charge in [-0.1, -0.05) is 30.7 Å². The van der Waals surface area contributed by atoms with Gasteiger partial charge in [0.15, 0.2) is 0 Å². The van der Waals surface area contributed by atoms with Gasteiger partial charge in [-0.2, -0.15) is 11.8 Å². The molecule has 1 aliphatic carbocycles. The summed E-state index contributed by atoms with van der Waals surface area (Å²) >= 11 is 7.99. The van der Waals surface area contributed by atoms with Gasteiger partial charge in [-0.05, 0) is 49.9 Å². The molecule has 1 fully saturated rings. The van der Waals surface area contributed by atoms with E-state index in [0.717, 1.165) is 22.1 Å². The molecule has 0 heterocycles. The molecule has 0 saturated heterocycles. The lowest BCUT2D eigenvalue weighted by Crippen LogP contribution is -2.27. The van der Waals surface area contributed by atoms with Gasteiger partial charge in [-0.3, -0.25) is 0 Å². The molecule has 0 amide bonds. The van der Waals surface area contributed by atoms with Crippen LogP contribution in [0.3, 0.4) is 0 Å². The number of hydrogen-bond donors (Lipinski definition) is 1. The average Bonchev–Trinajstić information content (AvgIpc) is 2.84. The van der Waals surface area contributed by atoms with Crippen molar-refractivity contribution in [2.45, 2.75) is 49.7 Å². The van der Waals surface area contributed by atoms with E-state index in [9.17, 15) is 0 Å². The van der Waals surface area contributed by atoms with Crippen LogP contribution >= 0.6 is 23.4 Å². The Kier molecular flexibility index (Phi) is 5.87. The van der Waals surface area contributed by atoms with Crippen LogP contribution < -0.4 is 5.32 Å². The van der Waals surface area contributed by atoms with Crippen LogP contribution in [0.5, 0.6) is 0 Å². The van der Waals surface area contributed by atoms with Crippen LogP contribution in [-0.2, 0) is 5.75 Å². The minimum atomic E-state index is 0.757. The molecule has 1 saturated carbocycles. The highest BCUT2D eigenvalue weighted by molar-refractivity contribution is 7.99. The molecule has 2 unspecified atom stereocenters. The van der Waals surface area contributed by atoms with E-state index >= 15 is 0 Å². The molecule has 0 aliphatic heterocycles. The molecule has 1 N–H and O–H groups in total. The summed E-state index contributed by atoms with van der Waals surface area (Å²) in [5, 5.41) is 5.29. The zero-order valence-corrected chi connectivity index (χ0v) is 12.6. The number of nitrogens with one attached hydrogen (secondary N) is 1. The first-order valence-corrected chi connectivity index (χ1v) is 8.30. The first-order chi connectivity index (χ1) is 8.78. The van der Waals surface area contributed by atoms with E-state index in [-0.39, 0.29) is 0 Å². The van der Waals surface area contributed by atoms with E-state index in [0.29, 0.717) is 0 Å². The second-order valence-corrected chi connectivity index (χ2v) is 6.75. The highest BCUT2D eigenvalue weighted by Gasteiger charge is 2.24. The van der Waals surface area contributed by atoms with Crippen LogP contribution in [0.15, 0.2) is 24.3 Å². The Labute approximate surface area is 120 Å². The number of halogens is 1. The predicted molar refractivity (Wildman–Crippen MR) is 82.5 cm³/mol. The summed E-state index contributed by atoms with van der Waals surface area (Å²) in [5.74, 6) is 1.11. The Morgan fingerprint density at radius 3 is 2.78 bits per heavy atom. The van der Waals surface area contributed by atoms with Gasteiger partial charge in [0.05, 0.1) is 0 Å². The lowest BCUT2D eigenvalue weighted by molar-refractivity contribution is 0.524. The van der Waals surface area contributed by atoms with Gasteiger partial charge in [-0.15, -0.1) is 0 Å². The van der Waals surface area contributed by atoms with Gasteiger partial charge < -0.3 is 5.32 Å². The Morgan fingerprint density at radius 1 is 1.28 bits per heavy atom. The SMILES string of the molecule is CCCNC1CCC(SCc2ccc(Cl)cc2)C1. The summed E-state index contributed by atoms with van der Waals surface area (Å²) in [6, 6.07) is 9.00. The van der Waals surface area contributed by atoms with Crippen molar-refractivity contribution < 1.29 is 0 Å². The zero-order chi connectivity index (χ0) is 12.8. The topological polar surface area (TPSA) is 12.0 Å². The molecule has 0 radical (unpaired) electrons. The third kappa shape index (κ3) is 4.49. The van der Waals surface area contributed by atoms with E-state index in [1.807, 2.05) is 12.1 Å². The van der Waals surface area contributed by atoms with Crippen molar-refractivity contribution in [2.75, 3.05) is 6.54 Å². The molecule has 2 rings (SSSR count). The monoisotopic (exact) mass is 283 g/mol. The van der Waals surface area contributed by atoms with Gasteiger partial charge in [0, 0.05) is 22.1 Å². The molecular weight excluding hydrogens is 262 g/mol. The second-order valence-electron chi connectivity index (χ2n) is 5.02. The van der Waals surface area contributed by atoms with Crippen molar-refractivity contribution in [2.24, 2.45) is 0 Å². The zero-order valence-electron chi connectivity index (χ0n) is 11.0. The molecule has 0 bridgehead atoms. The van der Waals surface area contributed by atoms with Crippen LogP contribution in [0.2, 0.25) is 5.02 Å². The average molecular weight is 284 g/mol. The fourth-order valence-electron chi connectivity index (χ4n) is 2.42. The van der Waals surface area contributed by atoms with Crippen molar-refractivity contribution in [3.05, 3.63) is 34.9 Å². The molecule has 1 aromatic carbocycles. The lowest BCUT2D eigenvalue weighted by atomic mass is 10.2. The summed E-state index contributed by atoms with van der Waals surface area (Å²) in [7, 11) is 0. The Morgan fingerprint density at radius 2 is 2.06 bits per heavy atom. The van der Waals surface area contributed by atoms with Crippen molar-refractivity contribution in [3.63, 3.8) is 0 Å². The minimum absolute atomic E-state index is 0.757. The smallest absolute Gasteiger partial charge is 0.0406 e. The van der Waals surface area contributed by atoms with Crippen LogP contribution in [0.4, 0.5) is 0 Å². The van der Waals surface area contributed by atoms with Gasteiger partial charge >= 0.3 is 0 Å². The van der Waals surface area contributed by atoms with Crippen LogP contribution in [0.25, 0.3) is 0 Å². The van der Waals surface area contributed by atoms with Crippen molar-refractivity contribution in [3.8, 4) is 0 Å². The van der Waals surface area contributed by atoms with Crippen LogP contribution in [0.1, 0.15) is 38.2 Å². The quantitative estimate of drug-likeness (QED) is 0.825. The van der Waals surface area contributed by atoms with Gasteiger partial charge in [-0.25, -0.2) is 0 Å². The van der Waals surface area contributed by atoms with Crippen LogP contribution in [-0.4, -0.2) is 17.8 Å². The predicted octanol–water partition coefficient (Wildman–Crippen LogP) is 4.49. The molecule has 1 aliphatic rings. The van der Waals surface area contributed by atoms with E-state index in [4.69, 9.17) is 11.6 Å². The van der Waals surface area contributed by atoms with E-state index in [1.165, 1.54) is 37.8 Å². The Bertz CT molecular complexity index is 352. The fourth-order valence-corrected chi connectivity index (χ4v) is 3.84. The molecule has 18 heavy (non-hydrogen) atoms. The third-order valence-electron chi connectivity index (χ3n) is 3.47. The normalized spacial score (nSPS) is 23.4. The van der Waals surface area contributed by atoms with Crippen molar-refractivity contribution in [1.82, 2.24) is 5.32 Å². The highest BCUT2D eigenvalue weighted by atomic mass is 35.5. The first kappa shape index (κ1) is 14.2. The number of hydrogen-bond acceptors (Lipinski definition) is 2. The fraction of sp³-hybridized carbons (Fsp3) is 0.600. The molecule has 0 spiro atoms. The molecule has 3 heteroatoms. The molecule has 2 atom stereocenters. The first-order valence-electron chi connectivity index (χ1n) is 6.87. The van der Waals surface area contributed by atoms with E-state index in [2.05, 4.69) is 36.1 Å². The summed E-state index contributed by atoms with van der Waals surface area (Å²) in [6.07, 6.45) is 5.27.